The van der Waals surface area contributed by atoms with Gasteiger partial charge in [0.05, 0.1) is 10.9 Å². The van der Waals surface area contributed by atoms with Crippen molar-refractivity contribution in [3.63, 3.8) is 0 Å². The van der Waals surface area contributed by atoms with Crippen LogP contribution in [0, 0.1) is 28.6 Å². The SMILES string of the molecule is CC1CC(C(C)(C)C)C(OC(=O)C(C)[S+]2c3ccccc3N(C(=O)OC(C)(C)C)c3ccccc32)C(C(C)(C)C)C1. The zero-order valence-electron chi connectivity index (χ0n) is 26.9. The van der Waals surface area contributed by atoms with Crippen molar-refractivity contribution in [1.29, 1.82) is 0 Å². The van der Waals surface area contributed by atoms with Crippen LogP contribution in [0.3, 0.4) is 0 Å². The smallest absolute Gasteiger partial charge is 0.419 e. The number of hydrogen-bond donors (Lipinski definition) is 0. The molecule has 2 aliphatic rings. The van der Waals surface area contributed by atoms with Crippen molar-refractivity contribution < 1.29 is 19.1 Å². The van der Waals surface area contributed by atoms with Crippen LogP contribution in [-0.4, -0.2) is 29.0 Å². The fourth-order valence-corrected chi connectivity index (χ4v) is 8.95. The molecule has 4 rings (SSSR count). The average Bonchev–Trinajstić information content (AvgIpc) is 2.85. The summed E-state index contributed by atoms with van der Waals surface area (Å²) in [7, 11) is -0.630. The molecule has 0 saturated heterocycles. The molecule has 41 heavy (non-hydrogen) atoms. The number of benzene rings is 2. The summed E-state index contributed by atoms with van der Waals surface area (Å²) < 4.78 is 12.5. The van der Waals surface area contributed by atoms with Gasteiger partial charge in [-0.1, -0.05) is 72.7 Å². The zero-order valence-corrected chi connectivity index (χ0v) is 27.7. The van der Waals surface area contributed by atoms with E-state index in [1.165, 1.54) is 0 Å². The monoisotopic (exact) mass is 580 g/mol. The van der Waals surface area contributed by atoms with Crippen molar-refractivity contribution in [3.05, 3.63) is 48.5 Å². The van der Waals surface area contributed by atoms with E-state index < -0.39 is 27.8 Å². The molecule has 2 aromatic carbocycles. The quantitative estimate of drug-likeness (QED) is 0.268. The number of rotatable bonds is 3. The van der Waals surface area contributed by atoms with E-state index in [2.05, 4.69) is 48.5 Å². The maximum atomic E-state index is 14.2. The van der Waals surface area contributed by atoms with Crippen LogP contribution >= 0.6 is 0 Å². The number of esters is 1. The predicted octanol–water partition coefficient (Wildman–Crippen LogP) is 9.16. The molecule has 1 aliphatic heterocycles. The van der Waals surface area contributed by atoms with Gasteiger partial charge in [0, 0.05) is 11.8 Å². The second-order valence-corrected chi connectivity index (χ2v) is 17.4. The lowest BCUT2D eigenvalue weighted by atomic mass is 9.59. The van der Waals surface area contributed by atoms with E-state index in [1.54, 1.807) is 4.90 Å². The summed E-state index contributed by atoms with van der Waals surface area (Å²) in [6.07, 6.45) is 1.56. The Morgan fingerprint density at radius 1 is 0.805 bits per heavy atom. The van der Waals surface area contributed by atoms with E-state index in [0.717, 1.165) is 34.0 Å². The lowest BCUT2D eigenvalue weighted by Crippen LogP contribution is -2.50. The minimum atomic E-state index is -0.637. The van der Waals surface area contributed by atoms with E-state index in [1.807, 2.05) is 76.2 Å². The van der Waals surface area contributed by atoms with Crippen LogP contribution in [0.4, 0.5) is 16.2 Å². The standard InChI is InChI=1S/C35H50NO4S/c1-22-20-24(33(3,4)5)30(25(21-22)34(6,7)8)39-31(37)23(2)41-28-18-14-12-16-26(28)36(32(38)40-35(9,10)11)27-17-13-15-19-29(27)41/h12-19,22-25,30H,20-21H2,1-11H3/q+1. The van der Waals surface area contributed by atoms with Gasteiger partial charge in [-0.15, -0.1) is 0 Å². The number of para-hydroxylation sites is 2. The molecule has 1 amide bonds. The van der Waals surface area contributed by atoms with Crippen molar-refractivity contribution in [2.45, 2.75) is 116 Å². The molecule has 224 valence electrons. The average molecular weight is 581 g/mol. The lowest BCUT2D eigenvalue weighted by Gasteiger charge is -2.50. The van der Waals surface area contributed by atoms with Crippen molar-refractivity contribution in [1.82, 2.24) is 0 Å². The molecule has 3 unspecified atom stereocenters. The van der Waals surface area contributed by atoms with Gasteiger partial charge in [-0.25, -0.2) is 14.5 Å². The van der Waals surface area contributed by atoms with Crippen molar-refractivity contribution in [3.8, 4) is 0 Å². The number of anilines is 2. The summed E-state index contributed by atoms with van der Waals surface area (Å²) in [6, 6.07) is 15.8. The van der Waals surface area contributed by atoms with Crippen LogP contribution < -0.4 is 4.90 Å². The zero-order chi connectivity index (χ0) is 30.5. The summed E-state index contributed by atoms with van der Waals surface area (Å²) in [5.41, 5.74) is 0.922. The highest BCUT2D eigenvalue weighted by Gasteiger charge is 2.52. The summed E-state index contributed by atoms with van der Waals surface area (Å²) in [5, 5.41) is -0.418. The highest BCUT2D eigenvalue weighted by molar-refractivity contribution is 7.98. The number of hydrogen-bond acceptors (Lipinski definition) is 4. The number of carbonyl (C=O) groups is 2. The molecule has 0 aromatic heterocycles. The van der Waals surface area contributed by atoms with Crippen LogP contribution in [0.25, 0.3) is 0 Å². The van der Waals surface area contributed by atoms with E-state index >= 15 is 0 Å². The Kier molecular flexibility index (Phi) is 8.68. The molecule has 1 saturated carbocycles. The molecule has 0 bridgehead atoms. The highest BCUT2D eigenvalue weighted by Crippen LogP contribution is 2.51. The Bertz CT molecular complexity index is 1200. The molecule has 0 N–H and O–H groups in total. The second kappa shape index (κ2) is 11.3. The Balaban J connectivity index is 1.73. The molecular weight excluding hydrogens is 530 g/mol. The van der Waals surface area contributed by atoms with Crippen LogP contribution in [0.15, 0.2) is 58.3 Å². The Labute approximate surface area is 250 Å². The van der Waals surface area contributed by atoms with E-state index in [4.69, 9.17) is 9.47 Å². The summed E-state index contributed by atoms with van der Waals surface area (Å²) in [5.74, 6) is 0.993. The molecule has 0 radical (unpaired) electrons. The van der Waals surface area contributed by atoms with Gasteiger partial charge < -0.3 is 9.47 Å². The molecule has 0 spiro atoms. The van der Waals surface area contributed by atoms with Gasteiger partial charge >= 0.3 is 12.1 Å². The first-order valence-corrected chi connectivity index (χ1v) is 16.3. The number of ether oxygens (including phenoxy) is 2. The fraction of sp³-hybridized carbons (Fsp3) is 0.600. The molecule has 1 heterocycles. The number of carbonyl (C=O) groups excluding carboxylic acids is 2. The number of amides is 1. The van der Waals surface area contributed by atoms with Gasteiger partial charge in [0.25, 0.3) is 0 Å². The molecule has 1 fully saturated rings. The van der Waals surface area contributed by atoms with E-state index in [0.29, 0.717) is 5.92 Å². The van der Waals surface area contributed by atoms with Crippen LogP contribution in [0.2, 0.25) is 0 Å². The van der Waals surface area contributed by atoms with Crippen LogP contribution in [0.5, 0.6) is 0 Å². The van der Waals surface area contributed by atoms with Crippen molar-refractivity contribution in [2.75, 3.05) is 4.90 Å². The third kappa shape index (κ3) is 6.63. The maximum Gasteiger partial charge on any atom is 0.419 e. The Morgan fingerprint density at radius 3 is 1.66 bits per heavy atom. The molecule has 3 atom stereocenters. The largest absolute Gasteiger partial charge is 0.458 e. The number of nitrogens with zero attached hydrogens (tertiary/aromatic N) is 1. The Hall–Kier alpha value is -2.47. The van der Waals surface area contributed by atoms with Gasteiger partial charge in [0.1, 0.15) is 23.1 Å². The second-order valence-electron chi connectivity index (χ2n) is 15.2. The van der Waals surface area contributed by atoms with Gasteiger partial charge in [-0.05, 0) is 81.5 Å². The molecular formula is C35H50NO4S+. The van der Waals surface area contributed by atoms with Crippen LogP contribution in [-0.2, 0) is 25.2 Å². The molecule has 1 aliphatic carbocycles. The fourth-order valence-electron chi connectivity index (χ4n) is 6.48. The molecule has 6 heteroatoms. The van der Waals surface area contributed by atoms with E-state index in [9.17, 15) is 9.59 Å². The first-order valence-electron chi connectivity index (χ1n) is 15.0. The van der Waals surface area contributed by atoms with Gasteiger partial charge in [-0.3, -0.25) is 0 Å². The van der Waals surface area contributed by atoms with Crippen molar-refractivity contribution in [2.24, 2.45) is 28.6 Å². The minimum Gasteiger partial charge on any atom is -0.458 e. The summed E-state index contributed by atoms with van der Waals surface area (Å²) in [4.78, 5) is 31.3. The third-order valence-electron chi connectivity index (χ3n) is 8.53. The van der Waals surface area contributed by atoms with Gasteiger partial charge in [0.15, 0.2) is 9.79 Å². The van der Waals surface area contributed by atoms with Gasteiger partial charge in [-0.2, -0.15) is 0 Å². The van der Waals surface area contributed by atoms with Crippen molar-refractivity contribution >= 4 is 34.3 Å². The molecule has 2 aromatic rings. The van der Waals surface area contributed by atoms with E-state index in [-0.39, 0.29) is 34.7 Å². The number of fused-ring (bicyclic) bond motifs is 2. The first kappa shape index (κ1) is 31.5. The Morgan fingerprint density at radius 2 is 1.24 bits per heavy atom. The third-order valence-corrected chi connectivity index (χ3v) is 11.1. The maximum absolute atomic E-state index is 14.2. The summed E-state index contributed by atoms with van der Waals surface area (Å²) >= 11 is 0. The highest BCUT2D eigenvalue weighted by atomic mass is 32.2. The minimum absolute atomic E-state index is 0.0204. The topological polar surface area (TPSA) is 55.8 Å². The first-order chi connectivity index (χ1) is 18.9. The van der Waals surface area contributed by atoms with Crippen LogP contribution in [0.1, 0.15) is 89.0 Å². The normalized spacial score (nSPS) is 24.2. The summed E-state index contributed by atoms with van der Waals surface area (Å²) in [6.45, 7) is 23.6. The van der Waals surface area contributed by atoms with Gasteiger partial charge in [0.2, 0.25) is 5.25 Å². The lowest BCUT2D eigenvalue weighted by molar-refractivity contribution is -0.168. The molecule has 5 nitrogen and oxygen atoms in total. The predicted molar refractivity (Wildman–Crippen MR) is 169 cm³/mol.